The Labute approximate surface area is 65.8 Å². The van der Waals surface area contributed by atoms with Gasteiger partial charge in [0.2, 0.25) is 0 Å². The van der Waals surface area contributed by atoms with Gasteiger partial charge in [-0.15, -0.1) is 0 Å². The molecule has 58 valence electrons. The van der Waals surface area contributed by atoms with Gasteiger partial charge in [0, 0.05) is 0 Å². The van der Waals surface area contributed by atoms with Gasteiger partial charge >= 0.3 is 0 Å². The van der Waals surface area contributed by atoms with Gasteiger partial charge in [-0.1, -0.05) is 30.3 Å². The van der Waals surface area contributed by atoms with Crippen LogP contribution in [0.2, 0.25) is 0 Å². The van der Waals surface area contributed by atoms with Crippen LogP contribution in [0.15, 0.2) is 30.3 Å². The Morgan fingerprint density at radius 1 is 1.18 bits per heavy atom. The molecule has 1 fully saturated rings. The van der Waals surface area contributed by atoms with Crippen LogP contribution in [0.3, 0.4) is 0 Å². The molecule has 1 aliphatic heterocycles. The summed E-state index contributed by atoms with van der Waals surface area (Å²) in [7, 11) is -2.71. The van der Waals surface area contributed by atoms with E-state index in [4.69, 9.17) is 0 Å². The van der Waals surface area contributed by atoms with Crippen LogP contribution in [0.25, 0.3) is 0 Å². The fraction of sp³-hybridized carbons (Fsp3) is 0.250. The monoisotopic (exact) mass is 168 g/mol. The summed E-state index contributed by atoms with van der Waals surface area (Å²) in [6.07, 6.45) is 0. The quantitative estimate of drug-likeness (QED) is 0.589. The molecule has 2 rings (SSSR count). The maximum atomic E-state index is 10.9. The first kappa shape index (κ1) is 6.85. The van der Waals surface area contributed by atoms with E-state index in [-0.39, 0.29) is 5.25 Å². The number of benzene rings is 1. The number of rotatable bonds is 1. The number of hydrogen-bond acceptors (Lipinski definition) is 2. The summed E-state index contributed by atoms with van der Waals surface area (Å²) < 4.78 is 21.7. The SMILES string of the molecule is O=S1(=O)CC1c1ccccc1. The molecular formula is C8H8O2S. The average Bonchev–Trinajstić information content (AvgIpc) is 2.62. The molecule has 0 saturated carbocycles. The third-order valence-electron chi connectivity index (χ3n) is 1.87. The molecule has 0 bridgehead atoms. The summed E-state index contributed by atoms with van der Waals surface area (Å²) in [5.74, 6) is 0.330. The fourth-order valence-electron chi connectivity index (χ4n) is 1.14. The largest absolute Gasteiger partial charge is 0.228 e. The molecule has 1 aromatic rings. The minimum Gasteiger partial charge on any atom is -0.228 e. The van der Waals surface area contributed by atoms with E-state index in [1.807, 2.05) is 30.3 Å². The van der Waals surface area contributed by atoms with Crippen LogP contribution >= 0.6 is 0 Å². The minimum absolute atomic E-state index is 0.205. The molecule has 2 nitrogen and oxygen atoms in total. The molecule has 0 radical (unpaired) electrons. The van der Waals surface area contributed by atoms with Crippen LogP contribution in [0, 0.1) is 0 Å². The van der Waals surface area contributed by atoms with Crippen LogP contribution in [0.4, 0.5) is 0 Å². The maximum Gasteiger partial charge on any atom is 0.159 e. The molecule has 11 heavy (non-hydrogen) atoms. The normalized spacial score (nSPS) is 26.4. The molecular weight excluding hydrogens is 160 g/mol. The molecule has 1 unspecified atom stereocenters. The second-order valence-electron chi connectivity index (χ2n) is 2.73. The first-order valence-electron chi connectivity index (χ1n) is 3.47. The first-order chi connectivity index (χ1) is 5.20. The van der Waals surface area contributed by atoms with E-state index in [1.54, 1.807) is 0 Å². The molecule has 0 amide bonds. The minimum atomic E-state index is -2.71. The summed E-state index contributed by atoms with van der Waals surface area (Å²) in [5.41, 5.74) is 0.924. The Kier molecular flexibility index (Phi) is 1.29. The van der Waals surface area contributed by atoms with E-state index in [0.717, 1.165) is 5.56 Å². The Hall–Kier alpha value is -0.830. The van der Waals surface area contributed by atoms with Crippen molar-refractivity contribution in [2.45, 2.75) is 5.25 Å². The van der Waals surface area contributed by atoms with Crippen molar-refractivity contribution in [2.24, 2.45) is 0 Å². The van der Waals surface area contributed by atoms with E-state index < -0.39 is 9.84 Å². The summed E-state index contributed by atoms with van der Waals surface area (Å²) in [6.45, 7) is 0. The van der Waals surface area contributed by atoms with Crippen molar-refractivity contribution in [3.63, 3.8) is 0 Å². The van der Waals surface area contributed by atoms with Crippen molar-refractivity contribution < 1.29 is 8.42 Å². The van der Waals surface area contributed by atoms with Crippen molar-refractivity contribution in [1.29, 1.82) is 0 Å². The maximum absolute atomic E-state index is 10.9. The van der Waals surface area contributed by atoms with Crippen LogP contribution in [-0.4, -0.2) is 14.2 Å². The van der Waals surface area contributed by atoms with Crippen molar-refractivity contribution in [2.75, 3.05) is 5.75 Å². The molecule has 1 aromatic carbocycles. The number of hydrogen-bond donors (Lipinski definition) is 0. The second kappa shape index (κ2) is 2.08. The van der Waals surface area contributed by atoms with Crippen molar-refractivity contribution in [3.05, 3.63) is 35.9 Å². The van der Waals surface area contributed by atoms with E-state index in [0.29, 0.717) is 5.75 Å². The van der Waals surface area contributed by atoms with Crippen LogP contribution in [0.5, 0.6) is 0 Å². The van der Waals surface area contributed by atoms with Gasteiger partial charge in [-0.2, -0.15) is 0 Å². The predicted molar refractivity (Wildman–Crippen MR) is 43.0 cm³/mol. The molecule has 0 spiro atoms. The smallest absolute Gasteiger partial charge is 0.159 e. The lowest BCUT2D eigenvalue weighted by molar-refractivity contribution is 0.613. The third kappa shape index (κ3) is 1.16. The third-order valence-corrected chi connectivity index (χ3v) is 3.55. The average molecular weight is 168 g/mol. The molecule has 1 saturated heterocycles. The molecule has 0 aliphatic carbocycles. The summed E-state index contributed by atoms with van der Waals surface area (Å²) in [6, 6.07) is 9.33. The van der Waals surface area contributed by atoms with E-state index in [1.165, 1.54) is 0 Å². The molecule has 1 atom stereocenters. The molecule has 3 heteroatoms. The van der Waals surface area contributed by atoms with Gasteiger partial charge in [0.05, 0.1) is 5.75 Å². The van der Waals surface area contributed by atoms with E-state index in [9.17, 15) is 8.42 Å². The molecule has 0 N–H and O–H groups in total. The fourth-order valence-corrected chi connectivity index (χ4v) is 2.58. The van der Waals surface area contributed by atoms with Crippen LogP contribution in [-0.2, 0) is 9.84 Å². The van der Waals surface area contributed by atoms with Gasteiger partial charge in [-0.25, -0.2) is 8.42 Å². The predicted octanol–water partition coefficient (Wildman–Crippen LogP) is 1.16. The zero-order chi connectivity index (χ0) is 7.90. The Morgan fingerprint density at radius 3 is 2.18 bits per heavy atom. The Morgan fingerprint density at radius 2 is 1.73 bits per heavy atom. The Bertz CT molecular complexity index is 353. The molecule has 0 aromatic heterocycles. The van der Waals surface area contributed by atoms with Gasteiger partial charge in [-0.3, -0.25) is 0 Å². The van der Waals surface area contributed by atoms with Crippen molar-refractivity contribution in [3.8, 4) is 0 Å². The van der Waals surface area contributed by atoms with Gasteiger partial charge in [0.1, 0.15) is 5.25 Å². The highest BCUT2D eigenvalue weighted by atomic mass is 32.2. The summed E-state index contributed by atoms with van der Waals surface area (Å²) >= 11 is 0. The van der Waals surface area contributed by atoms with Gasteiger partial charge in [-0.05, 0) is 5.56 Å². The Balaban J connectivity index is 2.35. The first-order valence-corrected chi connectivity index (χ1v) is 5.18. The van der Waals surface area contributed by atoms with E-state index >= 15 is 0 Å². The van der Waals surface area contributed by atoms with Crippen LogP contribution < -0.4 is 0 Å². The number of sulfone groups is 1. The zero-order valence-electron chi connectivity index (χ0n) is 5.90. The van der Waals surface area contributed by atoms with E-state index in [2.05, 4.69) is 0 Å². The standard InChI is InChI=1S/C8H8O2S/c9-11(10)6-8(11)7-4-2-1-3-5-7/h1-5,8H,6H2. The molecule has 1 aliphatic rings. The second-order valence-corrected chi connectivity index (χ2v) is 4.96. The lowest BCUT2D eigenvalue weighted by Crippen LogP contribution is -1.79. The van der Waals surface area contributed by atoms with Gasteiger partial charge in [0.25, 0.3) is 0 Å². The highest BCUT2D eigenvalue weighted by molar-refractivity contribution is 7.98. The zero-order valence-corrected chi connectivity index (χ0v) is 6.71. The van der Waals surface area contributed by atoms with Crippen LogP contribution in [0.1, 0.15) is 10.8 Å². The topological polar surface area (TPSA) is 34.1 Å². The lowest BCUT2D eigenvalue weighted by Gasteiger charge is -1.90. The van der Waals surface area contributed by atoms with Crippen molar-refractivity contribution in [1.82, 2.24) is 0 Å². The van der Waals surface area contributed by atoms with Crippen molar-refractivity contribution >= 4 is 9.84 Å². The van der Waals surface area contributed by atoms with Gasteiger partial charge < -0.3 is 0 Å². The summed E-state index contributed by atoms with van der Waals surface area (Å²) in [4.78, 5) is 0. The lowest BCUT2D eigenvalue weighted by atomic mass is 10.2. The highest BCUT2D eigenvalue weighted by Gasteiger charge is 2.44. The van der Waals surface area contributed by atoms with Gasteiger partial charge in [0.15, 0.2) is 9.84 Å². The summed E-state index contributed by atoms with van der Waals surface area (Å²) in [5, 5.41) is -0.205. The highest BCUT2D eigenvalue weighted by Crippen LogP contribution is 2.37. The molecule has 1 heterocycles.